The first kappa shape index (κ1) is 20.3. The highest BCUT2D eigenvalue weighted by Crippen LogP contribution is 2.17. The Morgan fingerprint density at radius 2 is 1.28 bits per heavy atom. The van der Waals surface area contributed by atoms with Gasteiger partial charge >= 0.3 is 11.9 Å². The number of carboxylic acids is 2. The first-order valence-electron chi connectivity index (χ1n) is 7.65. The van der Waals surface area contributed by atoms with Crippen LogP contribution < -0.4 is 0 Å². The van der Waals surface area contributed by atoms with E-state index in [0.717, 1.165) is 0 Å². The molecule has 25 heavy (non-hydrogen) atoms. The van der Waals surface area contributed by atoms with Gasteiger partial charge in [0.15, 0.2) is 6.29 Å². The number of carboxylic acid groups (broad SMARTS) is 2. The lowest BCUT2D eigenvalue weighted by Gasteiger charge is -2.17. The molecule has 2 unspecified atom stereocenters. The van der Waals surface area contributed by atoms with Crippen molar-refractivity contribution >= 4 is 11.9 Å². The summed E-state index contributed by atoms with van der Waals surface area (Å²) in [7, 11) is 1.64. The van der Waals surface area contributed by atoms with Gasteiger partial charge in [0, 0.05) is 7.11 Å². The monoisotopic (exact) mass is 346 g/mol. The van der Waals surface area contributed by atoms with Crippen LogP contribution in [0.2, 0.25) is 0 Å². The fourth-order valence-corrected chi connectivity index (χ4v) is 2.00. The third-order valence-electron chi connectivity index (χ3n) is 3.38. The average molecular weight is 346 g/mol. The van der Waals surface area contributed by atoms with Crippen LogP contribution in [0, 0.1) is 0 Å². The molecule has 0 aromatic heterocycles. The summed E-state index contributed by atoms with van der Waals surface area (Å²) in [4.78, 5) is 20.9. The van der Waals surface area contributed by atoms with Crippen molar-refractivity contribution in [3.8, 4) is 0 Å². The predicted molar refractivity (Wildman–Crippen MR) is 92.8 cm³/mol. The number of methoxy groups -OCH3 is 1. The molecule has 0 spiro atoms. The van der Waals surface area contributed by atoms with Gasteiger partial charge in [-0.3, -0.25) is 0 Å². The van der Waals surface area contributed by atoms with E-state index in [1.807, 2.05) is 44.2 Å². The molecule has 2 aromatic carbocycles. The second-order valence-electron chi connectivity index (χ2n) is 5.15. The zero-order valence-corrected chi connectivity index (χ0v) is 14.4. The minimum Gasteiger partial charge on any atom is -0.478 e. The number of hydrogen-bond acceptors (Lipinski definition) is 4. The quantitative estimate of drug-likeness (QED) is 0.772. The van der Waals surface area contributed by atoms with Gasteiger partial charge in [-0.1, -0.05) is 42.5 Å². The molecule has 6 nitrogen and oxygen atoms in total. The van der Waals surface area contributed by atoms with Crippen molar-refractivity contribution in [2.45, 2.75) is 26.2 Å². The van der Waals surface area contributed by atoms with Crippen LogP contribution in [0.15, 0.2) is 54.6 Å². The van der Waals surface area contributed by atoms with E-state index in [1.165, 1.54) is 29.8 Å². The predicted octanol–water partition coefficient (Wildman–Crippen LogP) is 3.84. The Morgan fingerprint density at radius 1 is 0.840 bits per heavy atom. The highest BCUT2D eigenvalue weighted by atomic mass is 16.7. The maximum absolute atomic E-state index is 10.5. The third kappa shape index (κ3) is 6.74. The molecule has 0 aliphatic rings. The van der Waals surface area contributed by atoms with Crippen LogP contribution in [0.5, 0.6) is 0 Å². The number of hydrogen-bond donors (Lipinski definition) is 2. The summed E-state index contributed by atoms with van der Waals surface area (Å²) in [5.74, 6) is -2.46. The normalized spacial score (nSPS) is 12.4. The molecule has 2 rings (SSSR count). The second-order valence-corrected chi connectivity index (χ2v) is 5.15. The SMILES string of the molecule is COC(C)OC(C)c1ccccc1.O=C(O)c1ccccc1C(=O)O. The smallest absolute Gasteiger partial charge is 0.336 e. The number of carbonyl (C=O) groups is 2. The highest BCUT2D eigenvalue weighted by molar-refractivity contribution is 6.01. The van der Waals surface area contributed by atoms with Gasteiger partial charge in [-0.2, -0.15) is 0 Å². The topological polar surface area (TPSA) is 93.1 Å². The molecule has 0 amide bonds. The lowest BCUT2D eigenvalue weighted by atomic mass is 10.1. The Balaban J connectivity index is 0.000000251. The van der Waals surface area contributed by atoms with Crippen molar-refractivity contribution in [1.29, 1.82) is 0 Å². The number of benzene rings is 2. The molecule has 0 aliphatic carbocycles. The number of aromatic carboxylic acids is 2. The third-order valence-corrected chi connectivity index (χ3v) is 3.38. The fraction of sp³-hybridized carbons (Fsp3) is 0.263. The van der Waals surface area contributed by atoms with Gasteiger partial charge in [0.1, 0.15) is 0 Å². The summed E-state index contributed by atoms with van der Waals surface area (Å²) in [6, 6.07) is 15.6. The fourth-order valence-electron chi connectivity index (χ4n) is 2.00. The molecule has 2 atom stereocenters. The minimum atomic E-state index is -1.23. The lowest BCUT2D eigenvalue weighted by molar-refractivity contribution is -0.140. The van der Waals surface area contributed by atoms with Crippen LogP contribution in [0.4, 0.5) is 0 Å². The first-order chi connectivity index (χ1) is 11.9. The summed E-state index contributed by atoms with van der Waals surface area (Å²) >= 11 is 0. The van der Waals surface area contributed by atoms with Crippen molar-refractivity contribution in [1.82, 2.24) is 0 Å². The summed E-state index contributed by atoms with van der Waals surface area (Å²) in [5, 5.41) is 17.1. The van der Waals surface area contributed by atoms with Crippen LogP contribution in [-0.4, -0.2) is 35.6 Å². The van der Waals surface area contributed by atoms with E-state index >= 15 is 0 Å². The van der Waals surface area contributed by atoms with E-state index in [0.29, 0.717) is 0 Å². The first-order valence-corrected chi connectivity index (χ1v) is 7.65. The van der Waals surface area contributed by atoms with Gasteiger partial charge in [0.05, 0.1) is 17.2 Å². The van der Waals surface area contributed by atoms with Gasteiger partial charge in [-0.05, 0) is 31.5 Å². The van der Waals surface area contributed by atoms with Crippen LogP contribution >= 0.6 is 0 Å². The van der Waals surface area contributed by atoms with Gasteiger partial charge in [-0.25, -0.2) is 9.59 Å². The van der Waals surface area contributed by atoms with E-state index < -0.39 is 11.9 Å². The van der Waals surface area contributed by atoms with Gasteiger partial charge in [0.2, 0.25) is 0 Å². The van der Waals surface area contributed by atoms with Crippen molar-refractivity contribution < 1.29 is 29.3 Å². The standard InChI is InChI=1S/C11H16O2.C8H6O4/c1-9(13-10(2)12-3)11-7-5-4-6-8-11;9-7(10)5-3-1-2-4-6(5)8(11)12/h4-10H,1-3H3;1-4H,(H,9,10)(H,11,12). The molecule has 2 N–H and O–H groups in total. The van der Waals surface area contributed by atoms with E-state index in [4.69, 9.17) is 19.7 Å². The average Bonchev–Trinajstić information content (AvgIpc) is 2.62. The van der Waals surface area contributed by atoms with Crippen molar-refractivity contribution in [2.75, 3.05) is 7.11 Å². The van der Waals surface area contributed by atoms with Crippen LogP contribution in [-0.2, 0) is 9.47 Å². The van der Waals surface area contributed by atoms with Crippen molar-refractivity contribution in [3.05, 3.63) is 71.3 Å². The molecule has 0 bridgehead atoms. The van der Waals surface area contributed by atoms with Crippen LogP contribution in [0.1, 0.15) is 46.2 Å². The number of rotatable bonds is 6. The molecule has 0 saturated carbocycles. The molecule has 2 aromatic rings. The molecule has 134 valence electrons. The lowest BCUT2D eigenvalue weighted by Crippen LogP contribution is -2.13. The van der Waals surface area contributed by atoms with Crippen molar-refractivity contribution in [2.24, 2.45) is 0 Å². The largest absolute Gasteiger partial charge is 0.478 e. The zero-order valence-electron chi connectivity index (χ0n) is 14.4. The van der Waals surface area contributed by atoms with E-state index in [1.54, 1.807) is 7.11 Å². The maximum atomic E-state index is 10.5. The summed E-state index contributed by atoms with van der Waals surface area (Å²) in [6.45, 7) is 3.91. The molecular weight excluding hydrogens is 324 g/mol. The number of ether oxygens (including phenoxy) is 2. The Hall–Kier alpha value is -2.70. The molecular formula is C19H22O6. The Labute approximate surface area is 146 Å². The molecule has 6 heteroatoms. The Bertz CT molecular complexity index is 650. The molecule has 0 radical (unpaired) electrons. The van der Waals surface area contributed by atoms with Gasteiger partial charge in [-0.15, -0.1) is 0 Å². The summed E-state index contributed by atoms with van der Waals surface area (Å²) in [5.41, 5.74) is 0.793. The van der Waals surface area contributed by atoms with Gasteiger partial charge in [0.25, 0.3) is 0 Å². The molecule has 0 saturated heterocycles. The summed E-state index contributed by atoms with van der Waals surface area (Å²) < 4.78 is 10.6. The molecule has 0 fully saturated rings. The Morgan fingerprint density at radius 3 is 1.68 bits per heavy atom. The second kappa shape index (κ2) is 10.2. The van der Waals surface area contributed by atoms with Crippen LogP contribution in [0.25, 0.3) is 0 Å². The minimum absolute atomic E-state index is 0.0798. The van der Waals surface area contributed by atoms with Crippen molar-refractivity contribution in [3.63, 3.8) is 0 Å². The van der Waals surface area contributed by atoms with Gasteiger partial charge < -0.3 is 19.7 Å². The zero-order chi connectivity index (χ0) is 18.8. The molecule has 0 aliphatic heterocycles. The Kier molecular flexibility index (Phi) is 8.32. The van der Waals surface area contributed by atoms with E-state index in [9.17, 15) is 9.59 Å². The highest BCUT2D eigenvalue weighted by Gasteiger charge is 2.13. The summed E-state index contributed by atoms with van der Waals surface area (Å²) in [6.07, 6.45) is -0.0774. The maximum Gasteiger partial charge on any atom is 0.336 e. The molecule has 0 heterocycles. The van der Waals surface area contributed by atoms with E-state index in [-0.39, 0.29) is 23.5 Å². The van der Waals surface area contributed by atoms with E-state index in [2.05, 4.69) is 0 Å². The van der Waals surface area contributed by atoms with Crippen LogP contribution in [0.3, 0.4) is 0 Å².